The second kappa shape index (κ2) is 17.5. The molecule has 0 spiro atoms. The van der Waals surface area contributed by atoms with Crippen LogP contribution in [0.2, 0.25) is 0 Å². The van der Waals surface area contributed by atoms with Crippen molar-refractivity contribution in [3.8, 4) is 10.6 Å². The van der Waals surface area contributed by atoms with Crippen LogP contribution in [-0.4, -0.2) is 85.7 Å². The van der Waals surface area contributed by atoms with Crippen LogP contribution in [0.1, 0.15) is 11.1 Å². The number of hydrogen-bond acceptors (Lipinski definition) is 5. The molecule has 3 aliphatic rings. The fraction of sp³-hybridized carbons (Fsp3) is 0.244. The van der Waals surface area contributed by atoms with Gasteiger partial charge in [-0.15, -0.1) is 11.3 Å². The van der Waals surface area contributed by atoms with Gasteiger partial charge in [-0.2, -0.15) is 0 Å². The minimum absolute atomic E-state index is 0. The van der Waals surface area contributed by atoms with Gasteiger partial charge in [0.2, 0.25) is 5.36 Å². The quantitative estimate of drug-likeness (QED) is 0.200. The zero-order chi connectivity index (χ0) is 34.5. The molecule has 9 heteroatoms. The molecule has 262 valence electrons. The van der Waals surface area contributed by atoms with E-state index in [1.54, 1.807) is 11.3 Å². The van der Waals surface area contributed by atoms with Crippen molar-refractivity contribution in [3.05, 3.63) is 131 Å². The van der Waals surface area contributed by atoms with E-state index in [0.29, 0.717) is 0 Å². The van der Waals surface area contributed by atoms with E-state index < -0.39 is 0 Å². The van der Waals surface area contributed by atoms with Crippen molar-refractivity contribution in [2.24, 2.45) is 0 Å². The molecule has 0 bridgehead atoms. The highest BCUT2D eigenvalue weighted by Gasteiger charge is 2.14. The van der Waals surface area contributed by atoms with Crippen LogP contribution < -0.4 is 49.4 Å². The average molecular weight is 728 g/mol. The third-order valence-corrected chi connectivity index (χ3v) is 9.49. The van der Waals surface area contributed by atoms with Gasteiger partial charge in [-0.05, 0) is 83.0 Å². The van der Waals surface area contributed by atoms with Crippen LogP contribution >= 0.6 is 11.3 Å². The normalized spacial score (nSPS) is 11.6. The summed E-state index contributed by atoms with van der Waals surface area (Å²) in [6.07, 6.45) is 8.78. The lowest BCUT2D eigenvalue weighted by Gasteiger charge is -2.18. The predicted octanol–water partition coefficient (Wildman–Crippen LogP) is 0.967. The highest BCUT2D eigenvalue weighted by atomic mass is 35.5. The molecule has 0 unspecified atom stereocenters. The van der Waals surface area contributed by atoms with E-state index in [4.69, 9.17) is 4.98 Å². The molecule has 6 rings (SSSR count). The Bertz CT molecular complexity index is 2010. The number of hydrogen-bond donors (Lipinski definition) is 0. The van der Waals surface area contributed by atoms with Crippen LogP contribution in [0.25, 0.3) is 26.4 Å². The minimum atomic E-state index is 0. The molecule has 3 aromatic carbocycles. The van der Waals surface area contributed by atoms with Crippen molar-refractivity contribution < 1.29 is 29.4 Å². The number of benzene rings is 4. The molecule has 3 aromatic rings. The predicted molar refractivity (Wildman–Crippen MR) is 211 cm³/mol. The maximum atomic E-state index is 4.75. The van der Waals surface area contributed by atoms with Gasteiger partial charge in [0.1, 0.15) is 28.2 Å². The average Bonchev–Trinajstić information content (AvgIpc) is 3.08. The number of halogens is 2. The lowest BCUT2D eigenvalue weighted by Crippen LogP contribution is -3.00. The van der Waals surface area contributed by atoms with Crippen LogP contribution in [0.4, 0.5) is 17.1 Å². The van der Waals surface area contributed by atoms with Gasteiger partial charge < -0.3 is 39.5 Å². The van der Waals surface area contributed by atoms with Crippen molar-refractivity contribution in [1.29, 1.82) is 0 Å². The number of allylic oxidation sites excluding steroid dienone is 5. The maximum absolute atomic E-state index is 4.75. The Hall–Kier alpha value is -4.43. The van der Waals surface area contributed by atoms with Crippen molar-refractivity contribution in [3.63, 3.8) is 0 Å². The van der Waals surface area contributed by atoms with Crippen molar-refractivity contribution >= 4 is 49.9 Å². The number of fused-ring (bicyclic) bond motifs is 2. The molecule has 0 saturated carbocycles. The lowest BCUT2D eigenvalue weighted by atomic mass is 9.90. The highest BCUT2D eigenvalue weighted by molar-refractivity contribution is 7.21. The summed E-state index contributed by atoms with van der Waals surface area (Å²) < 4.78 is 5.47. The Morgan fingerprint density at radius 1 is 0.560 bits per heavy atom. The molecular weight excluding hydrogens is 679 g/mol. The molecular formula is C41H48Cl2N6S. The first-order valence-electron chi connectivity index (χ1n) is 16.1. The summed E-state index contributed by atoms with van der Waals surface area (Å²) in [5, 5.41) is 1.21. The lowest BCUT2D eigenvalue weighted by molar-refractivity contribution is -0.462. The first-order valence-corrected chi connectivity index (χ1v) is 17.0. The molecule has 0 atom stereocenters. The molecule has 2 aliphatic carbocycles. The highest BCUT2D eigenvalue weighted by Crippen LogP contribution is 2.33. The maximum Gasteiger partial charge on any atom is 0.201 e. The summed E-state index contributed by atoms with van der Waals surface area (Å²) in [6, 6.07) is 30.4. The van der Waals surface area contributed by atoms with Gasteiger partial charge in [0, 0.05) is 83.6 Å². The molecule has 0 radical (unpaired) electrons. The summed E-state index contributed by atoms with van der Waals surface area (Å²) in [5.74, 6) is 0. The van der Waals surface area contributed by atoms with Crippen molar-refractivity contribution in [2.75, 3.05) is 85.2 Å². The molecule has 1 aliphatic heterocycles. The second-order valence-electron chi connectivity index (χ2n) is 13.0. The van der Waals surface area contributed by atoms with Gasteiger partial charge in [-0.1, -0.05) is 24.3 Å². The minimum Gasteiger partial charge on any atom is -1.00 e. The van der Waals surface area contributed by atoms with Gasteiger partial charge in [-0.3, -0.25) is 0 Å². The van der Waals surface area contributed by atoms with E-state index in [1.165, 1.54) is 60.0 Å². The summed E-state index contributed by atoms with van der Waals surface area (Å²) >= 11 is 1.80. The Balaban J connectivity index is 0.000000273. The van der Waals surface area contributed by atoms with Crippen molar-refractivity contribution in [1.82, 2.24) is 9.56 Å². The molecule has 6 nitrogen and oxygen atoms in total. The van der Waals surface area contributed by atoms with Gasteiger partial charge in [0.15, 0.2) is 5.71 Å². The zero-order valence-corrected chi connectivity index (χ0v) is 33.1. The molecule has 0 saturated heterocycles. The largest absolute Gasteiger partial charge is 1.00 e. The van der Waals surface area contributed by atoms with E-state index in [-0.39, 0.29) is 24.8 Å². The fourth-order valence-corrected chi connectivity index (χ4v) is 6.47. The first kappa shape index (κ1) is 40.0. The number of aromatic nitrogens is 1. The van der Waals surface area contributed by atoms with E-state index in [0.717, 1.165) is 11.2 Å². The van der Waals surface area contributed by atoms with Crippen molar-refractivity contribution in [2.45, 2.75) is 0 Å². The number of nitrogens with zero attached hydrogens (tertiary/aromatic N) is 6. The SMILES string of the molecule is CN(C)c1ccc(C(=C2C=CC(=[N+](C)C)C=C2)c2ccc(N(C)C)cc2)cc1.CN(C)c1ccc2nc3ccc(=[N+](C)C)cc-3sc2c1.[Cl-].[Cl-]. The summed E-state index contributed by atoms with van der Waals surface area (Å²) in [6.45, 7) is 0. The third kappa shape index (κ3) is 9.42. The molecule has 0 N–H and O–H groups in total. The molecule has 1 heterocycles. The smallest absolute Gasteiger partial charge is 0.201 e. The van der Waals surface area contributed by atoms with Crippen LogP contribution in [-0.2, 0) is 0 Å². The van der Waals surface area contributed by atoms with Crippen LogP contribution in [0.15, 0.2) is 115 Å². The van der Waals surface area contributed by atoms with Crippen LogP contribution in [0.3, 0.4) is 0 Å². The Morgan fingerprint density at radius 3 is 1.52 bits per heavy atom. The molecule has 0 aromatic heterocycles. The summed E-state index contributed by atoms with van der Waals surface area (Å²) in [5.41, 5.74) is 11.9. The summed E-state index contributed by atoms with van der Waals surface area (Å²) in [4.78, 5) is 12.3. The topological polar surface area (TPSA) is 28.6 Å². The fourth-order valence-electron chi connectivity index (χ4n) is 5.44. The number of anilines is 3. The Morgan fingerprint density at radius 2 is 1.06 bits per heavy atom. The van der Waals surface area contributed by atoms with Gasteiger partial charge in [0.05, 0.1) is 20.8 Å². The monoisotopic (exact) mass is 726 g/mol. The standard InChI is InChI=1S/C25H30N3.C16H18N3S.2ClH/c1-26(2)22-13-7-19(8-14-22)25(20-9-15-23(16-10-20)27(3)4)21-11-17-24(18-12-21)28(5)6;1-18(2)11-5-7-13-15(9-11)20-16-10-12(19(3)4)6-8-14(16)17-13;;/h7-18H,1-6H3;5-10H,1-4H3;2*1H/q2*+1;;/p-2. The van der Waals surface area contributed by atoms with Gasteiger partial charge in [-0.25, -0.2) is 14.1 Å². The number of rotatable bonds is 5. The van der Waals surface area contributed by atoms with E-state index in [9.17, 15) is 0 Å². The molecule has 50 heavy (non-hydrogen) atoms. The van der Waals surface area contributed by atoms with Gasteiger partial charge >= 0.3 is 0 Å². The summed E-state index contributed by atoms with van der Waals surface area (Å²) in [7, 11) is 20.7. The van der Waals surface area contributed by atoms with E-state index >= 15 is 0 Å². The Kier molecular flexibility index (Phi) is 14.0. The molecule has 0 amide bonds. The van der Waals surface area contributed by atoms with Crippen LogP contribution in [0, 0.1) is 0 Å². The first-order chi connectivity index (χ1) is 22.9. The van der Waals surface area contributed by atoms with E-state index in [2.05, 4.69) is 204 Å². The zero-order valence-electron chi connectivity index (χ0n) is 30.7. The van der Waals surface area contributed by atoms with Gasteiger partial charge in [0.25, 0.3) is 0 Å². The molecule has 0 fully saturated rings. The second-order valence-corrected chi connectivity index (χ2v) is 14.1. The third-order valence-electron chi connectivity index (χ3n) is 8.40. The Labute approximate surface area is 314 Å². The van der Waals surface area contributed by atoms with E-state index in [1.807, 2.05) is 0 Å². The van der Waals surface area contributed by atoms with Crippen LogP contribution in [0.5, 0.6) is 0 Å².